The van der Waals surface area contributed by atoms with Gasteiger partial charge in [0.1, 0.15) is 5.75 Å². The highest BCUT2D eigenvalue weighted by Crippen LogP contribution is 2.19. The van der Waals surface area contributed by atoms with E-state index in [1.807, 2.05) is 51.1 Å². The quantitative estimate of drug-likeness (QED) is 0.890. The third-order valence-corrected chi connectivity index (χ3v) is 3.51. The molecule has 0 fully saturated rings. The zero-order valence-electron chi connectivity index (χ0n) is 13.3. The van der Waals surface area contributed by atoms with E-state index in [0.29, 0.717) is 13.0 Å². The highest BCUT2D eigenvalue weighted by atomic mass is 16.5. The number of carbonyl (C=O) groups is 1. The largest absolute Gasteiger partial charge is 0.493 e. The van der Waals surface area contributed by atoms with Crippen molar-refractivity contribution in [3.8, 4) is 5.75 Å². The second-order valence-electron chi connectivity index (χ2n) is 5.44. The molecule has 0 saturated carbocycles. The highest BCUT2D eigenvalue weighted by molar-refractivity contribution is 5.76. The Bertz CT molecular complexity index is 626. The van der Waals surface area contributed by atoms with Gasteiger partial charge in [-0.1, -0.05) is 12.1 Å². The molecule has 1 aromatic heterocycles. The predicted molar refractivity (Wildman–Crippen MR) is 86.8 cm³/mol. The molecule has 2 rings (SSSR count). The smallest absolute Gasteiger partial charge is 0.223 e. The van der Waals surface area contributed by atoms with Gasteiger partial charge in [-0.3, -0.25) is 9.78 Å². The molecule has 1 atom stereocenters. The molecule has 116 valence electrons. The van der Waals surface area contributed by atoms with Crippen molar-refractivity contribution in [2.45, 2.75) is 33.2 Å². The van der Waals surface area contributed by atoms with Gasteiger partial charge in [0.05, 0.1) is 19.1 Å². The van der Waals surface area contributed by atoms with Crippen LogP contribution in [0.2, 0.25) is 0 Å². The van der Waals surface area contributed by atoms with E-state index in [4.69, 9.17) is 4.74 Å². The summed E-state index contributed by atoms with van der Waals surface area (Å²) in [5, 5.41) is 2.96. The summed E-state index contributed by atoms with van der Waals surface area (Å²) >= 11 is 0. The molecule has 0 unspecified atom stereocenters. The lowest BCUT2D eigenvalue weighted by Gasteiger charge is -2.14. The van der Waals surface area contributed by atoms with Gasteiger partial charge >= 0.3 is 0 Å². The zero-order chi connectivity index (χ0) is 15.9. The lowest BCUT2D eigenvalue weighted by molar-refractivity contribution is -0.122. The first kappa shape index (κ1) is 16.0. The lowest BCUT2D eigenvalue weighted by atomic mass is 10.1. The molecule has 0 aliphatic rings. The van der Waals surface area contributed by atoms with Crippen molar-refractivity contribution in [2.75, 3.05) is 6.61 Å². The van der Waals surface area contributed by atoms with Gasteiger partial charge in [0.15, 0.2) is 0 Å². The number of aromatic nitrogens is 1. The maximum atomic E-state index is 12.0. The maximum absolute atomic E-state index is 12.0. The summed E-state index contributed by atoms with van der Waals surface area (Å²) in [7, 11) is 0. The molecule has 0 saturated heterocycles. The SMILES string of the molecule is Cc1ccc(C)c(OCCC(=O)N[C@H](C)c2ccncc2)c1. The van der Waals surface area contributed by atoms with E-state index >= 15 is 0 Å². The number of nitrogens with zero attached hydrogens (tertiary/aromatic N) is 1. The monoisotopic (exact) mass is 298 g/mol. The summed E-state index contributed by atoms with van der Waals surface area (Å²) in [4.78, 5) is 15.9. The number of hydrogen-bond donors (Lipinski definition) is 1. The molecule has 1 heterocycles. The Kier molecular flexibility index (Phi) is 5.53. The number of benzene rings is 1. The number of hydrogen-bond acceptors (Lipinski definition) is 3. The summed E-state index contributed by atoms with van der Waals surface area (Å²) in [6.45, 7) is 6.35. The standard InChI is InChI=1S/C18H22N2O2/c1-13-4-5-14(2)17(12-13)22-11-8-18(21)20-15(3)16-6-9-19-10-7-16/h4-7,9-10,12,15H,8,11H2,1-3H3,(H,20,21)/t15-/m1/s1. The van der Waals surface area contributed by atoms with E-state index < -0.39 is 0 Å². The minimum atomic E-state index is -0.0313. The molecular weight excluding hydrogens is 276 g/mol. The van der Waals surface area contributed by atoms with Crippen LogP contribution in [0.3, 0.4) is 0 Å². The second-order valence-corrected chi connectivity index (χ2v) is 5.44. The summed E-state index contributed by atoms with van der Waals surface area (Å²) in [6.07, 6.45) is 3.78. The zero-order valence-corrected chi connectivity index (χ0v) is 13.3. The van der Waals surface area contributed by atoms with Crippen LogP contribution < -0.4 is 10.1 Å². The molecule has 1 amide bonds. The second kappa shape index (κ2) is 7.59. The molecule has 22 heavy (non-hydrogen) atoms. The first-order valence-corrected chi connectivity index (χ1v) is 7.45. The molecule has 4 heteroatoms. The van der Waals surface area contributed by atoms with Gasteiger partial charge < -0.3 is 10.1 Å². The van der Waals surface area contributed by atoms with Crippen LogP contribution in [-0.4, -0.2) is 17.5 Å². The Hall–Kier alpha value is -2.36. The molecule has 0 bridgehead atoms. The van der Waals surface area contributed by atoms with Gasteiger partial charge in [0.2, 0.25) is 5.91 Å². The van der Waals surface area contributed by atoms with Crippen LogP contribution in [0.15, 0.2) is 42.7 Å². The lowest BCUT2D eigenvalue weighted by Crippen LogP contribution is -2.27. The van der Waals surface area contributed by atoms with Crippen molar-refractivity contribution < 1.29 is 9.53 Å². The van der Waals surface area contributed by atoms with Crippen molar-refractivity contribution in [2.24, 2.45) is 0 Å². The fourth-order valence-electron chi connectivity index (χ4n) is 2.17. The summed E-state index contributed by atoms with van der Waals surface area (Å²) in [5.74, 6) is 0.824. The average molecular weight is 298 g/mol. The van der Waals surface area contributed by atoms with Crippen LogP contribution in [0.1, 0.15) is 36.1 Å². The summed E-state index contributed by atoms with van der Waals surface area (Å²) in [5.41, 5.74) is 3.27. The van der Waals surface area contributed by atoms with Gasteiger partial charge in [-0.2, -0.15) is 0 Å². The fourth-order valence-corrected chi connectivity index (χ4v) is 2.17. The molecular formula is C18H22N2O2. The van der Waals surface area contributed by atoms with Crippen molar-refractivity contribution in [3.63, 3.8) is 0 Å². The summed E-state index contributed by atoms with van der Waals surface area (Å²) < 4.78 is 5.70. The molecule has 1 aromatic carbocycles. The molecule has 4 nitrogen and oxygen atoms in total. The maximum Gasteiger partial charge on any atom is 0.223 e. The third-order valence-electron chi connectivity index (χ3n) is 3.51. The average Bonchev–Trinajstić information content (AvgIpc) is 2.51. The van der Waals surface area contributed by atoms with Gasteiger partial charge in [0.25, 0.3) is 0 Å². The van der Waals surface area contributed by atoms with E-state index in [-0.39, 0.29) is 11.9 Å². The topological polar surface area (TPSA) is 51.2 Å². The van der Waals surface area contributed by atoms with E-state index in [1.165, 1.54) is 0 Å². The number of amides is 1. The normalized spacial score (nSPS) is 11.8. The Morgan fingerprint density at radius 3 is 2.68 bits per heavy atom. The Balaban J connectivity index is 1.79. The van der Waals surface area contributed by atoms with E-state index in [0.717, 1.165) is 22.4 Å². The van der Waals surface area contributed by atoms with Crippen LogP contribution >= 0.6 is 0 Å². The van der Waals surface area contributed by atoms with E-state index in [2.05, 4.69) is 10.3 Å². The van der Waals surface area contributed by atoms with Gasteiger partial charge in [-0.05, 0) is 55.7 Å². The van der Waals surface area contributed by atoms with Crippen molar-refractivity contribution in [1.82, 2.24) is 10.3 Å². The van der Waals surface area contributed by atoms with E-state index in [9.17, 15) is 4.79 Å². The highest BCUT2D eigenvalue weighted by Gasteiger charge is 2.09. The number of rotatable bonds is 6. The first-order chi connectivity index (χ1) is 10.6. The molecule has 1 N–H and O–H groups in total. The van der Waals surface area contributed by atoms with Crippen molar-refractivity contribution in [3.05, 3.63) is 59.4 Å². The van der Waals surface area contributed by atoms with Gasteiger partial charge in [-0.15, -0.1) is 0 Å². The van der Waals surface area contributed by atoms with Crippen LogP contribution in [0, 0.1) is 13.8 Å². The van der Waals surface area contributed by atoms with E-state index in [1.54, 1.807) is 12.4 Å². The third kappa shape index (κ3) is 4.58. The Labute approximate surface area is 131 Å². The van der Waals surface area contributed by atoms with Crippen molar-refractivity contribution in [1.29, 1.82) is 0 Å². The number of ether oxygens (including phenoxy) is 1. The van der Waals surface area contributed by atoms with Crippen LogP contribution in [0.25, 0.3) is 0 Å². The minimum Gasteiger partial charge on any atom is -0.493 e. The number of pyridine rings is 1. The van der Waals surface area contributed by atoms with Crippen LogP contribution in [0.4, 0.5) is 0 Å². The van der Waals surface area contributed by atoms with Gasteiger partial charge in [0, 0.05) is 12.4 Å². The fraction of sp³-hybridized carbons (Fsp3) is 0.333. The number of nitrogens with one attached hydrogen (secondary N) is 1. The van der Waals surface area contributed by atoms with Crippen LogP contribution in [-0.2, 0) is 4.79 Å². The first-order valence-electron chi connectivity index (χ1n) is 7.45. The molecule has 2 aromatic rings. The molecule has 0 aliphatic carbocycles. The van der Waals surface area contributed by atoms with Crippen molar-refractivity contribution >= 4 is 5.91 Å². The summed E-state index contributed by atoms with van der Waals surface area (Å²) in [6, 6.07) is 9.83. The number of aryl methyl sites for hydroxylation is 2. The Morgan fingerprint density at radius 1 is 1.23 bits per heavy atom. The Morgan fingerprint density at radius 2 is 1.95 bits per heavy atom. The number of carbonyl (C=O) groups excluding carboxylic acids is 1. The van der Waals surface area contributed by atoms with Gasteiger partial charge in [-0.25, -0.2) is 0 Å². The van der Waals surface area contributed by atoms with Crippen LogP contribution in [0.5, 0.6) is 5.75 Å². The molecule has 0 aliphatic heterocycles. The minimum absolute atomic E-state index is 0.0189. The molecule has 0 radical (unpaired) electrons. The predicted octanol–water partition coefficient (Wildman–Crippen LogP) is 3.34. The molecule has 0 spiro atoms.